The van der Waals surface area contributed by atoms with Gasteiger partial charge in [0.25, 0.3) is 0 Å². The standard InChI is InChI=1S/C20H27N5O/c1-7-16(14-10-8-9-11-17(14)26-6)24(5)18-15-12-23-25(20(2,3)4)19(15)22-13-21-18/h8-13,16H,7H2,1-6H3. The fraction of sp³-hybridized carbons (Fsp3) is 0.450. The second kappa shape index (κ2) is 6.94. The minimum Gasteiger partial charge on any atom is -0.496 e. The molecule has 0 amide bonds. The monoisotopic (exact) mass is 353 g/mol. The van der Waals surface area contributed by atoms with Crippen LogP contribution in [0.4, 0.5) is 5.82 Å². The van der Waals surface area contributed by atoms with Gasteiger partial charge in [0.05, 0.1) is 30.3 Å². The van der Waals surface area contributed by atoms with Crippen molar-refractivity contribution < 1.29 is 4.74 Å². The van der Waals surface area contributed by atoms with Crippen molar-refractivity contribution in [2.24, 2.45) is 0 Å². The zero-order valence-corrected chi connectivity index (χ0v) is 16.4. The highest BCUT2D eigenvalue weighted by molar-refractivity contribution is 5.87. The Morgan fingerprint density at radius 2 is 1.92 bits per heavy atom. The van der Waals surface area contributed by atoms with E-state index in [0.717, 1.165) is 34.6 Å². The summed E-state index contributed by atoms with van der Waals surface area (Å²) in [6.45, 7) is 8.53. The van der Waals surface area contributed by atoms with Crippen molar-refractivity contribution in [2.45, 2.75) is 45.7 Å². The van der Waals surface area contributed by atoms with Crippen molar-refractivity contribution in [1.29, 1.82) is 0 Å². The van der Waals surface area contributed by atoms with Crippen molar-refractivity contribution in [2.75, 3.05) is 19.1 Å². The Hall–Kier alpha value is -2.63. The smallest absolute Gasteiger partial charge is 0.163 e. The number of ether oxygens (including phenoxy) is 1. The van der Waals surface area contributed by atoms with Gasteiger partial charge in [-0.05, 0) is 33.3 Å². The summed E-state index contributed by atoms with van der Waals surface area (Å²) in [5.41, 5.74) is 1.86. The average Bonchev–Trinajstić information content (AvgIpc) is 3.07. The lowest BCUT2D eigenvalue weighted by molar-refractivity contribution is 0.366. The molecule has 0 spiro atoms. The maximum atomic E-state index is 5.57. The predicted octanol–water partition coefficient (Wildman–Crippen LogP) is 4.18. The number of para-hydroxylation sites is 1. The molecule has 0 aliphatic heterocycles. The van der Waals surface area contributed by atoms with Crippen LogP contribution in [-0.2, 0) is 5.54 Å². The maximum Gasteiger partial charge on any atom is 0.163 e. The number of aromatic nitrogens is 4. The minimum atomic E-state index is -0.140. The van der Waals surface area contributed by atoms with E-state index in [2.05, 4.69) is 60.8 Å². The number of hydrogen-bond acceptors (Lipinski definition) is 5. The zero-order valence-electron chi connectivity index (χ0n) is 16.4. The average molecular weight is 353 g/mol. The summed E-state index contributed by atoms with van der Waals surface area (Å²) in [5, 5.41) is 5.52. The molecule has 1 unspecified atom stereocenters. The van der Waals surface area contributed by atoms with E-state index in [0.29, 0.717) is 0 Å². The van der Waals surface area contributed by atoms with Crippen LogP contribution in [0.15, 0.2) is 36.8 Å². The molecule has 1 aromatic carbocycles. The zero-order chi connectivity index (χ0) is 18.9. The topological polar surface area (TPSA) is 56.1 Å². The SMILES string of the molecule is CCC(c1ccccc1OC)N(C)c1ncnc2c1cnn2C(C)(C)C. The lowest BCUT2D eigenvalue weighted by Crippen LogP contribution is -2.26. The first kappa shape index (κ1) is 18.2. The molecule has 2 aromatic heterocycles. The molecule has 0 aliphatic carbocycles. The number of fused-ring (bicyclic) bond motifs is 1. The van der Waals surface area contributed by atoms with Crippen LogP contribution in [0.2, 0.25) is 0 Å². The van der Waals surface area contributed by atoms with Crippen molar-refractivity contribution in [3.8, 4) is 5.75 Å². The molecule has 3 rings (SSSR count). The van der Waals surface area contributed by atoms with Crippen LogP contribution in [0.3, 0.4) is 0 Å². The molecule has 0 radical (unpaired) electrons. The van der Waals surface area contributed by atoms with Crippen LogP contribution in [0.5, 0.6) is 5.75 Å². The van der Waals surface area contributed by atoms with E-state index in [1.54, 1.807) is 13.4 Å². The van der Waals surface area contributed by atoms with Crippen molar-refractivity contribution in [1.82, 2.24) is 19.7 Å². The Labute approximate surface area is 154 Å². The van der Waals surface area contributed by atoms with Crippen LogP contribution in [0.25, 0.3) is 11.0 Å². The fourth-order valence-electron chi connectivity index (χ4n) is 3.40. The molecule has 26 heavy (non-hydrogen) atoms. The molecule has 0 bridgehead atoms. The third-order valence-electron chi connectivity index (χ3n) is 4.67. The summed E-state index contributed by atoms with van der Waals surface area (Å²) >= 11 is 0. The molecular weight excluding hydrogens is 326 g/mol. The van der Waals surface area contributed by atoms with Crippen molar-refractivity contribution in [3.05, 3.63) is 42.4 Å². The van der Waals surface area contributed by atoms with Gasteiger partial charge in [-0.2, -0.15) is 5.10 Å². The Morgan fingerprint density at radius 3 is 2.58 bits per heavy atom. The second-order valence-electron chi connectivity index (χ2n) is 7.44. The molecule has 138 valence electrons. The first-order valence-electron chi connectivity index (χ1n) is 8.93. The van der Waals surface area contributed by atoms with E-state index in [4.69, 9.17) is 4.74 Å². The van der Waals surface area contributed by atoms with Gasteiger partial charge in [-0.1, -0.05) is 25.1 Å². The molecule has 0 saturated carbocycles. The summed E-state index contributed by atoms with van der Waals surface area (Å²) in [5.74, 6) is 1.77. The summed E-state index contributed by atoms with van der Waals surface area (Å²) < 4.78 is 7.52. The van der Waals surface area contributed by atoms with E-state index < -0.39 is 0 Å². The normalized spacial score (nSPS) is 13.0. The number of benzene rings is 1. The van der Waals surface area contributed by atoms with Crippen LogP contribution >= 0.6 is 0 Å². The molecule has 0 aliphatic rings. The Kier molecular flexibility index (Phi) is 4.85. The molecule has 0 saturated heterocycles. The van der Waals surface area contributed by atoms with Crippen LogP contribution in [0.1, 0.15) is 45.7 Å². The molecule has 0 fully saturated rings. The van der Waals surface area contributed by atoms with Crippen LogP contribution in [0, 0.1) is 0 Å². The molecular formula is C20H27N5O. The lowest BCUT2D eigenvalue weighted by atomic mass is 10.0. The Balaban J connectivity index is 2.09. The molecule has 6 heteroatoms. The van der Waals surface area contributed by atoms with E-state index in [-0.39, 0.29) is 11.6 Å². The number of anilines is 1. The first-order chi connectivity index (χ1) is 12.4. The third kappa shape index (κ3) is 3.11. The largest absolute Gasteiger partial charge is 0.496 e. The Morgan fingerprint density at radius 1 is 1.19 bits per heavy atom. The molecule has 3 aromatic rings. The van der Waals surface area contributed by atoms with Gasteiger partial charge in [-0.25, -0.2) is 14.6 Å². The van der Waals surface area contributed by atoms with Gasteiger partial charge >= 0.3 is 0 Å². The maximum absolute atomic E-state index is 5.57. The number of nitrogens with zero attached hydrogens (tertiary/aromatic N) is 5. The molecule has 1 atom stereocenters. The Bertz CT molecular complexity index is 897. The molecule has 0 N–H and O–H groups in total. The van der Waals surface area contributed by atoms with Gasteiger partial charge in [0.1, 0.15) is 17.9 Å². The van der Waals surface area contributed by atoms with Crippen molar-refractivity contribution >= 4 is 16.9 Å². The summed E-state index contributed by atoms with van der Waals surface area (Å²) in [4.78, 5) is 11.2. The molecule has 2 heterocycles. The summed E-state index contributed by atoms with van der Waals surface area (Å²) in [6.07, 6.45) is 4.41. The predicted molar refractivity (Wildman–Crippen MR) is 105 cm³/mol. The lowest BCUT2D eigenvalue weighted by Gasteiger charge is -2.30. The van der Waals surface area contributed by atoms with Gasteiger partial charge in [-0.3, -0.25) is 0 Å². The number of methoxy groups -OCH3 is 1. The van der Waals surface area contributed by atoms with E-state index in [1.165, 1.54) is 0 Å². The quantitative estimate of drug-likeness (QED) is 0.689. The van der Waals surface area contributed by atoms with Gasteiger partial charge in [0, 0.05) is 12.6 Å². The second-order valence-corrected chi connectivity index (χ2v) is 7.44. The first-order valence-corrected chi connectivity index (χ1v) is 8.93. The van der Waals surface area contributed by atoms with Gasteiger partial charge in [0.15, 0.2) is 5.65 Å². The highest BCUT2D eigenvalue weighted by atomic mass is 16.5. The van der Waals surface area contributed by atoms with Crippen LogP contribution in [-0.4, -0.2) is 33.9 Å². The third-order valence-corrected chi connectivity index (χ3v) is 4.67. The minimum absolute atomic E-state index is 0.140. The van der Waals surface area contributed by atoms with Gasteiger partial charge in [0.2, 0.25) is 0 Å². The summed E-state index contributed by atoms with van der Waals surface area (Å²) in [6, 6.07) is 8.29. The van der Waals surface area contributed by atoms with Crippen LogP contribution < -0.4 is 9.64 Å². The summed E-state index contributed by atoms with van der Waals surface area (Å²) in [7, 11) is 3.78. The van der Waals surface area contributed by atoms with E-state index in [1.807, 2.05) is 29.1 Å². The number of rotatable bonds is 5. The fourth-order valence-corrected chi connectivity index (χ4v) is 3.40. The van der Waals surface area contributed by atoms with E-state index >= 15 is 0 Å². The van der Waals surface area contributed by atoms with Crippen molar-refractivity contribution in [3.63, 3.8) is 0 Å². The number of hydrogen-bond donors (Lipinski definition) is 0. The highest BCUT2D eigenvalue weighted by Crippen LogP contribution is 2.35. The van der Waals surface area contributed by atoms with Gasteiger partial charge in [-0.15, -0.1) is 0 Å². The van der Waals surface area contributed by atoms with E-state index in [9.17, 15) is 0 Å². The highest BCUT2D eigenvalue weighted by Gasteiger charge is 2.25. The molecule has 6 nitrogen and oxygen atoms in total. The van der Waals surface area contributed by atoms with Gasteiger partial charge < -0.3 is 9.64 Å².